The standard InChI is InChI=1S/C21H21N5O2/c1-12(2)7-8-15-18-14-5-3-4-6-17(14)26(20(15)28)21(18)24-16(19(27)25-21)9-13-10-22-11-23-13/h3-7,9-11,15,18,24H,8H2,1-2H3,(H,22,23)(H,25,27)/b16-9+/t15-,18-,21?/m0/s1. The Morgan fingerprint density at radius 1 is 1.25 bits per heavy atom. The lowest BCUT2D eigenvalue weighted by atomic mass is 9.82. The van der Waals surface area contributed by atoms with Crippen molar-refractivity contribution in [2.24, 2.45) is 5.92 Å². The molecule has 1 aromatic heterocycles. The molecule has 3 aliphatic heterocycles. The summed E-state index contributed by atoms with van der Waals surface area (Å²) in [6, 6.07) is 7.89. The number of hydrogen-bond acceptors (Lipinski definition) is 4. The normalized spacial score (nSPS) is 28.6. The van der Waals surface area contributed by atoms with Crippen LogP contribution < -0.4 is 15.5 Å². The Hall–Kier alpha value is -3.35. The average molecular weight is 375 g/mol. The van der Waals surface area contributed by atoms with Gasteiger partial charge in [-0.1, -0.05) is 29.8 Å². The van der Waals surface area contributed by atoms with E-state index in [4.69, 9.17) is 0 Å². The number of nitrogens with one attached hydrogen (secondary N) is 3. The third-order valence-corrected chi connectivity index (χ3v) is 5.73. The van der Waals surface area contributed by atoms with E-state index in [2.05, 4.69) is 26.7 Å². The zero-order valence-electron chi connectivity index (χ0n) is 15.7. The van der Waals surface area contributed by atoms with Gasteiger partial charge in [-0.2, -0.15) is 0 Å². The van der Waals surface area contributed by atoms with Crippen LogP contribution >= 0.6 is 0 Å². The van der Waals surface area contributed by atoms with Gasteiger partial charge >= 0.3 is 0 Å². The number of amides is 2. The molecule has 2 saturated heterocycles. The highest BCUT2D eigenvalue weighted by Crippen LogP contribution is 2.57. The van der Waals surface area contributed by atoms with Gasteiger partial charge in [0.2, 0.25) is 11.7 Å². The summed E-state index contributed by atoms with van der Waals surface area (Å²) in [5.41, 5.74) is 4.27. The Bertz CT molecular complexity index is 1030. The molecule has 7 nitrogen and oxygen atoms in total. The molecule has 0 aliphatic carbocycles. The Morgan fingerprint density at radius 2 is 2.07 bits per heavy atom. The maximum atomic E-state index is 13.3. The lowest BCUT2D eigenvalue weighted by Crippen LogP contribution is -2.60. The summed E-state index contributed by atoms with van der Waals surface area (Å²) in [6.07, 6.45) is 7.67. The fourth-order valence-electron chi connectivity index (χ4n) is 4.62. The number of anilines is 1. The van der Waals surface area contributed by atoms with Crippen LogP contribution in [0.4, 0.5) is 5.69 Å². The predicted molar refractivity (Wildman–Crippen MR) is 105 cm³/mol. The summed E-state index contributed by atoms with van der Waals surface area (Å²) in [5.74, 6) is -1.53. The smallest absolute Gasteiger partial charge is 0.270 e. The Balaban J connectivity index is 1.60. The van der Waals surface area contributed by atoms with Crippen LogP contribution in [0.3, 0.4) is 0 Å². The second-order valence-corrected chi connectivity index (χ2v) is 7.74. The number of para-hydroxylation sites is 1. The van der Waals surface area contributed by atoms with E-state index in [-0.39, 0.29) is 23.7 Å². The number of allylic oxidation sites excluding steroid dienone is 2. The number of carbonyl (C=O) groups excluding carboxylic acids is 2. The van der Waals surface area contributed by atoms with Gasteiger partial charge in [-0.25, -0.2) is 4.98 Å². The van der Waals surface area contributed by atoms with Crippen molar-refractivity contribution in [2.45, 2.75) is 32.0 Å². The Morgan fingerprint density at radius 3 is 2.82 bits per heavy atom. The fourth-order valence-corrected chi connectivity index (χ4v) is 4.62. The molecule has 0 radical (unpaired) electrons. The topological polar surface area (TPSA) is 90.1 Å². The first kappa shape index (κ1) is 16.8. The Labute approximate surface area is 162 Å². The number of benzene rings is 1. The minimum absolute atomic E-state index is 0.0387. The number of H-pyrrole nitrogens is 1. The first-order valence-electron chi connectivity index (χ1n) is 9.38. The molecule has 7 heteroatoms. The summed E-state index contributed by atoms with van der Waals surface area (Å²) < 4.78 is 0. The van der Waals surface area contributed by atoms with Gasteiger partial charge in [0.1, 0.15) is 5.70 Å². The van der Waals surface area contributed by atoms with Crippen LogP contribution in [0.2, 0.25) is 0 Å². The van der Waals surface area contributed by atoms with Crippen LogP contribution in [0.25, 0.3) is 6.08 Å². The maximum Gasteiger partial charge on any atom is 0.270 e. The molecular formula is C21H21N5O2. The molecule has 1 unspecified atom stereocenters. The number of rotatable bonds is 3. The zero-order valence-corrected chi connectivity index (χ0v) is 15.7. The zero-order chi connectivity index (χ0) is 19.5. The molecule has 28 heavy (non-hydrogen) atoms. The van der Waals surface area contributed by atoms with E-state index in [1.165, 1.54) is 5.57 Å². The van der Waals surface area contributed by atoms with Crippen molar-refractivity contribution in [1.29, 1.82) is 0 Å². The van der Waals surface area contributed by atoms with E-state index >= 15 is 0 Å². The van der Waals surface area contributed by atoms with E-state index in [0.29, 0.717) is 12.1 Å². The number of aromatic nitrogens is 2. The number of nitrogens with zero attached hydrogens (tertiary/aromatic N) is 2. The van der Waals surface area contributed by atoms with Gasteiger partial charge in [0.05, 0.1) is 35.7 Å². The minimum Gasteiger partial charge on any atom is -0.345 e. The van der Waals surface area contributed by atoms with Crippen LogP contribution in [0.5, 0.6) is 0 Å². The number of aromatic amines is 1. The lowest BCUT2D eigenvalue weighted by molar-refractivity contribution is -0.121. The summed E-state index contributed by atoms with van der Waals surface area (Å²) in [4.78, 5) is 34.8. The fraction of sp³-hybridized carbons (Fsp3) is 0.286. The van der Waals surface area contributed by atoms with Gasteiger partial charge in [0.25, 0.3) is 5.91 Å². The van der Waals surface area contributed by atoms with Crippen molar-refractivity contribution < 1.29 is 9.59 Å². The number of imidazole rings is 1. The highest BCUT2D eigenvalue weighted by molar-refractivity contribution is 6.09. The number of carbonyl (C=O) groups is 2. The van der Waals surface area contributed by atoms with Gasteiger partial charge in [-0.05, 0) is 38.0 Å². The first-order valence-corrected chi connectivity index (χ1v) is 9.38. The van der Waals surface area contributed by atoms with Gasteiger partial charge in [-0.3, -0.25) is 14.5 Å². The van der Waals surface area contributed by atoms with Crippen LogP contribution in [0.15, 0.2) is 54.1 Å². The monoisotopic (exact) mass is 375 g/mol. The van der Waals surface area contributed by atoms with Crippen LogP contribution in [-0.2, 0) is 9.59 Å². The third kappa shape index (κ3) is 2.19. The van der Waals surface area contributed by atoms with E-state index in [1.807, 2.05) is 38.1 Å². The van der Waals surface area contributed by atoms with Crippen molar-refractivity contribution in [2.75, 3.05) is 4.90 Å². The molecule has 3 N–H and O–H groups in total. The molecule has 2 aromatic rings. The van der Waals surface area contributed by atoms with Crippen molar-refractivity contribution in [1.82, 2.24) is 20.6 Å². The quantitative estimate of drug-likeness (QED) is 0.567. The van der Waals surface area contributed by atoms with E-state index < -0.39 is 5.79 Å². The lowest BCUT2D eigenvalue weighted by Gasteiger charge is -2.31. The van der Waals surface area contributed by atoms with Crippen molar-refractivity contribution in [3.63, 3.8) is 0 Å². The second-order valence-electron chi connectivity index (χ2n) is 7.74. The van der Waals surface area contributed by atoms with Crippen molar-refractivity contribution in [3.8, 4) is 0 Å². The molecule has 1 aromatic carbocycles. The van der Waals surface area contributed by atoms with Crippen molar-refractivity contribution in [3.05, 3.63) is 65.4 Å². The molecule has 0 saturated carbocycles. The molecule has 4 heterocycles. The molecule has 3 aliphatic rings. The van der Waals surface area contributed by atoms with E-state index in [1.54, 1.807) is 23.5 Å². The molecular weight excluding hydrogens is 354 g/mol. The summed E-state index contributed by atoms with van der Waals surface area (Å²) in [5, 5.41) is 6.43. The summed E-state index contributed by atoms with van der Waals surface area (Å²) in [6.45, 7) is 4.06. The Kier molecular flexibility index (Phi) is 3.49. The minimum atomic E-state index is -0.955. The second kappa shape index (κ2) is 5.82. The molecule has 1 spiro atoms. The average Bonchev–Trinajstić information content (AvgIpc) is 3.38. The van der Waals surface area contributed by atoms with Crippen LogP contribution in [-0.4, -0.2) is 27.6 Å². The van der Waals surface area contributed by atoms with Gasteiger partial charge in [-0.15, -0.1) is 0 Å². The summed E-state index contributed by atoms with van der Waals surface area (Å²) >= 11 is 0. The highest BCUT2D eigenvalue weighted by Gasteiger charge is 2.68. The van der Waals surface area contributed by atoms with Gasteiger partial charge in [0, 0.05) is 0 Å². The van der Waals surface area contributed by atoms with E-state index in [0.717, 1.165) is 16.9 Å². The first-order chi connectivity index (χ1) is 13.5. The summed E-state index contributed by atoms with van der Waals surface area (Å²) in [7, 11) is 0. The third-order valence-electron chi connectivity index (χ3n) is 5.73. The molecule has 2 bridgehead atoms. The van der Waals surface area contributed by atoms with Crippen LogP contribution in [0, 0.1) is 5.92 Å². The molecule has 5 rings (SSSR count). The maximum absolute atomic E-state index is 13.3. The molecule has 2 fully saturated rings. The molecule has 142 valence electrons. The largest absolute Gasteiger partial charge is 0.345 e. The molecule has 3 atom stereocenters. The van der Waals surface area contributed by atoms with Gasteiger partial charge in [0.15, 0.2) is 0 Å². The van der Waals surface area contributed by atoms with Gasteiger partial charge < -0.3 is 15.6 Å². The SMILES string of the molecule is CC(C)=CC[C@@H]1C(=O)N2c3ccccc3[C@@H]1C21NC(=O)/C(=C\c2cnc[nH]2)N1. The number of fused-ring (bicyclic) bond motifs is 3. The number of hydrogen-bond donors (Lipinski definition) is 3. The predicted octanol–water partition coefficient (Wildman–Crippen LogP) is 2.24. The van der Waals surface area contributed by atoms with Crippen molar-refractivity contribution >= 4 is 23.6 Å². The molecule has 2 amide bonds. The van der Waals surface area contributed by atoms with Crippen LogP contribution in [0.1, 0.15) is 37.4 Å². The van der Waals surface area contributed by atoms with E-state index in [9.17, 15) is 9.59 Å². The highest BCUT2D eigenvalue weighted by atomic mass is 16.2.